The number of hydrogen-bond donors (Lipinski definition) is 1. The lowest BCUT2D eigenvalue weighted by molar-refractivity contribution is 0.457. The van der Waals surface area contributed by atoms with Crippen molar-refractivity contribution in [3.8, 4) is 0 Å². The Labute approximate surface area is 91.3 Å². The van der Waals surface area contributed by atoms with Gasteiger partial charge in [-0.1, -0.05) is 44.0 Å². The fraction of sp³-hybridized carbons (Fsp3) is 0.500. The van der Waals surface area contributed by atoms with Crippen LogP contribution in [0.4, 0.5) is 0 Å². The van der Waals surface area contributed by atoms with Crippen molar-refractivity contribution in [3.05, 3.63) is 34.3 Å². The zero-order valence-electron chi connectivity index (χ0n) is 9.05. The largest absolute Gasteiger partial charge is 0.324 e. The number of benzene rings is 1. The molecule has 1 aromatic rings. The first kappa shape index (κ1) is 11.5. The molecule has 0 spiro atoms. The van der Waals surface area contributed by atoms with Gasteiger partial charge >= 0.3 is 0 Å². The van der Waals surface area contributed by atoms with E-state index in [1.165, 1.54) is 0 Å². The summed E-state index contributed by atoms with van der Waals surface area (Å²) in [6, 6.07) is 6.17. The molecular formula is C12H18ClN. The summed E-state index contributed by atoms with van der Waals surface area (Å²) in [5.74, 6) is 0.494. The lowest BCUT2D eigenvalue weighted by Crippen LogP contribution is -2.18. The van der Waals surface area contributed by atoms with Gasteiger partial charge in [-0.25, -0.2) is 0 Å². The van der Waals surface area contributed by atoms with Gasteiger partial charge in [0.1, 0.15) is 0 Å². The summed E-state index contributed by atoms with van der Waals surface area (Å²) in [5, 5.41) is 0.807. The summed E-state index contributed by atoms with van der Waals surface area (Å²) < 4.78 is 0. The third kappa shape index (κ3) is 2.49. The second kappa shape index (κ2) is 4.81. The third-order valence-electron chi connectivity index (χ3n) is 2.84. The van der Waals surface area contributed by atoms with E-state index in [1.807, 2.05) is 19.1 Å². The molecule has 1 unspecified atom stereocenters. The van der Waals surface area contributed by atoms with Crippen molar-refractivity contribution in [1.29, 1.82) is 0 Å². The fourth-order valence-electron chi connectivity index (χ4n) is 1.40. The van der Waals surface area contributed by atoms with E-state index in [0.29, 0.717) is 5.92 Å². The number of hydrogen-bond acceptors (Lipinski definition) is 1. The molecule has 14 heavy (non-hydrogen) atoms. The van der Waals surface area contributed by atoms with Crippen molar-refractivity contribution >= 4 is 11.6 Å². The van der Waals surface area contributed by atoms with Gasteiger partial charge in [-0.3, -0.25) is 0 Å². The van der Waals surface area contributed by atoms with Gasteiger partial charge in [0, 0.05) is 11.1 Å². The van der Waals surface area contributed by atoms with Crippen molar-refractivity contribution in [1.82, 2.24) is 0 Å². The molecule has 0 aliphatic heterocycles. The van der Waals surface area contributed by atoms with Crippen LogP contribution in [-0.2, 0) is 0 Å². The van der Waals surface area contributed by atoms with Gasteiger partial charge in [0.2, 0.25) is 0 Å². The number of nitrogens with two attached hydrogens (primary N) is 1. The van der Waals surface area contributed by atoms with Gasteiger partial charge in [-0.05, 0) is 30.0 Å². The zero-order chi connectivity index (χ0) is 10.7. The third-order valence-corrected chi connectivity index (χ3v) is 3.24. The van der Waals surface area contributed by atoms with E-state index in [-0.39, 0.29) is 6.04 Å². The van der Waals surface area contributed by atoms with Crippen molar-refractivity contribution in [3.63, 3.8) is 0 Å². The van der Waals surface area contributed by atoms with Crippen LogP contribution in [0.25, 0.3) is 0 Å². The Morgan fingerprint density at radius 1 is 1.43 bits per heavy atom. The van der Waals surface area contributed by atoms with Crippen LogP contribution < -0.4 is 5.73 Å². The first-order chi connectivity index (χ1) is 6.56. The van der Waals surface area contributed by atoms with Crippen molar-refractivity contribution in [2.45, 2.75) is 33.2 Å². The van der Waals surface area contributed by atoms with E-state index in [4.69, 9.17) is 17.3 Å². The molecule has 0 aliphatic carbocycles. The van der Waals surface area contributed by atoms with Gasteiger partial charge in [0.15, 0.2) is 0 Å². The van der Waals surface area contributed by atoms with Crippen LogP contribution in [-0.4, -0.2) is 0 Å². The van der Waals surface area contributed by atoms with Crippen LogP contribution in [0.5, 0.6) is 0 Å². The van der Waals surface area contributed by atoms with E-state index in [1.54, 1.807) is 0 Å². The summed E-state index contributed by atoms with van der Waals surface area (Å²) in [7, 11) is 0. The summed E-state index contributed by atoms with van der Waals surface area (Å²) in [6.07, 6.45) is 1.09. The molecule has 0 saturated carbocycles. The molecule has 78 valence electrons. The predicted octanol–water partition coefficient (Wildman–Crippen LogP) is 3.69. The molecule has 0 aliphatic rings. The molecule has 1 aromatic carbocycles. The van der Waals surface area contributed by atoms with Gasteiger partial charge < -0.3 is 5.73 Å². The SMILES string of the molecule is CCC(C)[C@@H](N)c1ccc(C)c(Cl)c1. The van der Waals surface area contributed by atoms with Crippen LogP contribution >= 0.6 is 11.6 Å². The van der Waals surface area contributed by atoms with E-state index in [2.05, 4.69) is 19.9 Å². The smallest absolute Gasteiger partial charge is 0.0438 e. The normalized spacial score (nSPS) is 15.2. The summed E-state index contributed by atoms with van der Waals surface area (Å²) in [4.78, 5) is 0. The van der Waals surface area contributed by atoms with E-state index in [0.717, 1.165) is 22.6 Å². The minimum Gasteiger partial charge on any atom is -0.324 e. The van der Waals surface area contributed by atoms with Crippen molar-refractivity contribution in [2.75, 3.05) is 0 Å². The van der Waals surface area contributed by atoms with E-state index >= 15 is 0 Å². The number of halogens is 1. The lowest BCUT2D eigenvalue weighted by atomic mass is 9.93. The maximum atomic E-state index is 6.11. The monoisotopic (exact) mass is 211 g/mol. The minimum absolute atomic E-state index is 0.0955. The minimum atomic E-state index is 0.0955. The Bertz CT molecular complexity index is 309. The van der Waals surface area contributed by atoms with E-state index in [9.17, 15) is 0 Å². The molecule has 0 aromatic heterocycles. The Morgan fingerprint density at radius 3 is 2.57 bits per heavy atom. The Morgan fingerprint density at radius 2 is 2.07 bits per heavy atom. The standard InChI is InChI=1S/C12H18ClN/c1-4-8(2)12(14)10-6-5-9(3)11(13)7-10/h5-8,12H,4,14H2,1-3H3/t8?,12-/m1/s1. The van der Waals surface area contributed by atoms with Crippen LogP contribution in [0, 0.1) is 12.8 Å². The molecule has 0 radical (unpaired) electrons. The van der Waals surface area contributed by atoms with E-state index < -0.39 is 0 Å². The molecule has 0 fully saturated rings. The molecule has 0 heterocycles. The molecule has 2 heteroatoms. The Hall–Kier alpha value is -0.530. The summed E-state index contributed by atoms with van der Waals surface area (Å²) in [5.41, 5.74) is 8.35. The average Bonchev–Trinajstić information content (AvgIpc) is 2.20. The number of aryl methyl sites for hydroxylation is 1. The van der Waals surface area contributed by atoms with Gasteiger partial charge in [-0.15, -0.1) is 0 Å². The molecule has 1 nitrogen and oxygen atoms in total. The van der Waals surface area contributed by atoms with Crippen LogP contribution in [0.1, 0.15) is 37.4 Å². The zero-order valence-corrected chi connectivity index (χ0v) is 9.81. The first-order valence-corrected chi connectivity index (χ1v) is 5.45. The van der Waals surface area contributed by atoms with Gasteiger partial charge in [0.25, 0.3) is 0 Å². The van der Waals surface area contributed by atoms with Gasteiger partial charge in [0.05, 0.1) is 0 Å². The second-order valence-corrected chi connectivity index (χ2v) is 4.33. The highest BCUT2D eigenvalue weighted by molar-refractivity contribution is 6.31. The van der Waals surface area contributed by atoms with Gasteiger partial charge in [-0.2, -0.15) is 0 Å². The lowest BCUT2D eigenvalue weighted by Gasteiger charge is -2.19. The highest BCUT2D eigenvalue weighted by atomic mass is 35.5. The highest BCUT2D eigenvalue weighted by Gasteiger charge is 2.13. The van der Waals surface area contributed by atoms with Crippen LogP contribution in [0.2, 0.25) is 5.02 Å². The average molecular weight is 212 g/mol. The van der Waals surface area contributed by atoms with Crippen LogP contribution in [0.15, 0.2) is 18.2 Å². The molecular weight excluding hydrogens is 194 g/mol. The summed E-state index contributed by atoms with van der Waals surface area (Å²) >= 11 is 6.05. The maximum Gasteiger partial charge on any atom is 0.0438 e. The number of rotatable bonds is 3. The molecule has 0 bridgehead atoms. The Balaban J connectivity index is 2.91. The summed E-state index contributed by atoms with van der Waals surface area (Å²) in [6.45, 7) is 6.32. The van der Waals surface area contributed by atoms with Crippen molar-refractivity contribution < 1.29 is 0 Å². The molecule has 1 rings (SSSR count). The van der Waals surface area contributed by atoms with Crippen LogP contribution in [0.3, 0.4) is 0 Å². The molecule has 2 atom stereocenters. The molecule has 0 amide bonds. The first-order valence-electron chi connectivity index (χ1n) is 5.08. The quantitative estimate of drug-likeness (QED) is 0.811. The Kier molecular flexibility index (Phi) is 3.97. The maximum absolute atomic E-state index is 6.11. The molecule has 0 saturated heterocycles. The highest BCUT2D eigenvalue weighted by Crippen LogP contribution is 2.25. The molecule has 2 N–H and O–H groups in total. The topological polar surface area (TPSA) is 26.0 Å². The fourth-order valence-corrected chi connectivity index (χ4v) is 1.59. The van der Waals surface area contributed by atoms with Crippen molar-refractivity contribution in [2.24, 2.45) is 11.7 Å². The second-order valence-electron chi connectivity index (χ2n) is 3.92. The predicted molar refractivity (Wildman–Crippen MR) is 62.6 cm³/mol.